The molecular formula is C12H24N4O3S. The maximum Gasteiger partial charge on any atom is 0.244 e. The fraction of sp³-hybridized carbons (Fsp3) is 0.750. The zero-order chi connectivity index (χ0) is 15.6. The minimum absolute atomic E-state index is 0.187. The molecule has 0 aliphatic carbocycles. The topological polar surface area (TPSA) is 99.2 Å². The van der Waals surface area contributed by atoms with Crippen LogP contribution in [0.3, 0.4) is 0 Å². The zero-order valence-corrected chi connectivity index (χ0v) is 13.5. The molecule has 116 valence electrons. The van der Waals surface area contributed by atoms with E-state index in [0.29, 0.717) is 24.5 Å². The summed E-state index contributed by atoms with van der Waals surface area (Å²) >= 11 is 0. The van der Waals surface area contributed by atoms with Crippen LogP contribution in [0.4, 0.5) is 0 Å². The Balaban J connectivity index is 3.04. The van der Waals surface area contributed by atoms with Gasteiger partial charge in [-0.25, -0.2) is 13.1 Å². The number of sulfonamides is 1. The van der Waals surface area contributed by atoms with Gasteiger partial charge in [0.15, 0.2) is 0 Å². The number of ether oxygens (including phenoxy) is 1. The van der Waals surface area contributed by atoms with Crippen molar-refractivity contribution in [1.29, 1.82) is 0 Å². The number of nitrogens with zero attached hydrogens (tertiary/aromatic N) is 2. The zero-order valence-electron chi connectivity index (χ0n) is 12.7. The summed E-state index contributed by atoms with van der Waals surface area (Å²) < 4.78 is 34.2. The fourth-order valence-electron chi connectivity index (χ4n) is 1.82. The minimum atomic E-state index is -3.62. The van der Waals surface area contributed by atoms with Crippen LogP contribution in [-0.4, -0.2) is 44.0 Å². The SMILES string of the molecule is COC(C)(C)CNS(=O)(=O)c1c(C)nn(CCN)c1C. The van der Waals surface area contributed by atoms with E-state index >= 15 is 0 Å². The third-order valence-electron chi connectivity index (χ3n) is 3.17. The van der Waals surface area contributed by atoms with Gasteiger partial charge in [-0.2, -0.15) is 5.10 Å². The quantitative estimate of drug-likeness (QED) is 0.747. The standard InChI is InChI=1S/C12H24N4O3S/c1-9-11(10(2)16(15-9)7-6-13)20(17,18)14-8-12(3,4)19-5/h14H,6-8,13H2,1-5H3. The number of hydrogen-bond donors (Lipinski definition) is 2. The molecule has 1 aromatic rings. The Morgan fingerprint density at radius 2 is 2.00 bits per heavy atom. The van der Waals surface area contributed by atoms with Crippen molar-refractivity contribution in [2.24, 2.45) is 5.73 Å². The van der Waals surface area contributed by atoms with Gasteiger partial charge in [0.2, 0.25) is 10.0 Å². The van der Waals surface area contributed by atoms with E-state index in [0.717, 1.165) is 0 Å². The Hall–Kier alpha value is -0.960. The van der Waals surface area contributed by atoms with Gasteiger partial charge in [-0.3, -0.25) is 4.68 Å². The van der Waals surface area contributed by atoms with Crippen LogP contribution in [0, 0.1) is 13.8 Å². The predicted octanol–water partition coefficient (Wildman–Crippen LogP) is 0.162. The number of aromatic nitrogens is 2. The Morgan fingerprint density at radius 1 is 1.40 bits per heavy atom. The molecular weight excluding hydrogens is 280 g/mol. The van der Waals surface area contributed by atoms with E-state index in [1.165, 1.54) is 0 Å². The average Bonchev–Trinajstić information content (AvgIpc) is 2.63. The van der Waals surface area contributed by atoms with E-state index in [9.17, 15) is 8.42 Å². The van der Waals surface area contributed by atoms with Gasteiger partial charge >= 0.3 is 0 Å². The molecule has 7 nitrogen and oxygen atoms in total. The van der Waals surface area contributed by atoms with E-state index < -0.39 is 15.6 Å². The van der Waals surface area contributed by atoms with E-state index in [-0.39, 0.29) is 11.4 Å². The first-order valence-electron chi connectivity index (χ1n) is 6.43. The van der Waals surface area contributed by atoms with Gasteiger partial charge in [0.25, 0.3) is 0 Å². The number of hydrogen-bond acceptors (Lipinski definition) is 5. The summed E-state index contributed by atoms with van der Waals surface area (Å²) in [5.41, 5.74) is 5.99. The number of aryl methyl sites for hydroxylation is 1. The molecule has 0 bridgehead atoms. The second-order valence-corrected chi connectivity index (χ2v) is 7.00. The molecule has 0 aliphatic heterocycles. The lowest BCUT2D eigenvalue weighted by Gasteiger charge is -2.23. The Labute approximate surface area is 120 Å². The number of nitrogens with one attached hydrogen (secondary N) is 1. The molecule has 0 saturated carbocycles. The third-order valence-corrected chi connectivity index (χ3v) is 4.82. The van der Waals surface area contributed by atoms with E-state index in [1.807, 2.05) is 13.8 Å². The maximum atomic E-state index is 12.4. The summed E-state index contributed by atoms with van der Waals surface area (Å²) in [6.45, 7) is 8.12. The van der Waals surface area contributed by atoms with Crippen LogP contribution < -0.4 is 10.5 Å². The minimum Gasteiger partial charge on any atom is -0.377 e. The molecule has 0 aromatic carbocycles. The predicted molar refractivity (Wildman–Crippen MR) is 77.0 cm³/mol. The molecule has 20 heavy (non-hydrogen) atoms. The second-order valence-electron chi connectivity index (χ2n) is 5.30. The summed E-state index contributed by atoms with van der Waals surface area (Å²) in [6.07, 6.45) is 0. The van der Waals surface area contributed by atoms with E-state index in [2.05, 4.69) is 9.82 Å². The molecule has 0 radical (unpaired) electrons. The molecule has 8 heteroatoms. The smallest absolute Gasteiger partial charge is 0.244 e. The summed E-state index contributed by atoms with van der Waals surface area (Å²) in [5.74, 6) is 0. The lowest BCUT2D eigenvalue weighted by Crippen LogP contribution is -2.40. The first-order chi connectivity index (χ1) is 9.14. The van der Waals surface area contributed by atoms with Crippen molar-refractivity contribution >= 4 is 10.0 Å². The summed E-state index contributed by atoms with van der Waals surface area (Å²) in [5, 5.41) is 4.22. The normalized spacial score (nSPS) is 12.9. The largest absolute Gasteiger partial charge is 0.377 e. The molecule has 0 atom stereocenters. The lowest BCUT2D eigenvalue weighted by molar-refractivity contribution is 0.0276. The molecule has 0 spiro atoms. The highest BCUT2D eigenvalue weighted by atomic mass is 32.2. The molecule has 0 aliphatic rings. The van der Waals surface area contributed by atoms with Gasteiger partial charge in [0.1, 0.15) is 4.90 Å². The van der Waals surface area contributed by atoms with Crippen molar-refractivity contribution < 1.29 is 13.2 Å². The highest BCUT2D eigenvalue weighted by Gasteiger charge is 2.27. The van der Waals surface area contributed by atoms with Crippen molar-refractivity contribution in [1.82, 2.24) is 14.5 Å². The van der Waals surface area contributed by atoms with Crippen molar-refractivity contribution in [2.45, 2.75) is 44.7 Å². The van der Waals surface area contributed by atoms with Crippen LogP contribution in [0.15, 0.2) is 4.90 Å². The highest BCUT2D eigenvalue weighted by molar-refractivity contribution is 7.89. The van der Waals surface area contributed by atoms with Crippen LogP contribution >= 0.6 is 0 Å². The lowest BCUT2D eigenvalue weighted by atomic mass is 10.1. The molecule has 3 N–H and O–H groups in total. The molecule has 0 saturated heterocycles. The summed E-state index contributed by atoms with van der Waals surface area (Å²) in [7, 11) is -2.07. The molecule has 1 heterocycles. The van der Waals surface area contributed by atoms with Gasteiger partial charge in [-0.1, -0.05) is 0 Å². The van der Waals surface area contributed by atoms with Crippen LogP contribution in [0.25, 0.3) is 0 Å². The highest BCUT2D eigenvalue weighted by Crippen LogP contribution is 2.19. The summed E-state index contributed by atoms with van der Waals surface area (Å²) in [4.78, 5) is 0.220. The van der Waals surface area contributed by atoms with Crippen molar-refractivity contribution in [3.05, 3.63) is 11.4 Å². The maximum absolute atomic E-state index is 12.4. The molecule has 1 rings (SSSR count). The van der Waals surface area contributed by atoms with E-state index in [1.54, 1.807) is 25.6 Å². The van der Waals surface area contributed by atoms with Crippen LogP contribution in [0.2, 0.25) is 0 Å². The monoisotopic (exact) mass is 304 g/mol. The van der Waals surface area contributed by atoms with Crippen LogP contribution in [-0.2, 0) is 21.3 Å². The Bertz CT molecular complexity index is 564. The van der Waals surface area contributed by atoms with Crippen molar-refractivity contribution in [3.8, 4) is 0 Å². The van der Waals surface area contributed by atoms with Gasteiger partial charge in [0.05, 0.1) is 23.5 Å². The van der Waals surface area contributed by atoms with E-state index in [4.69, 9.17) is 10.5 Å². The van der Waals surface area contributed by atoms with Gasteiger partial charge in [-0.05, 0) is 27.7 Å². The fourth-order valence-corrected chi connectivity index (χ4v) is 3.43. The van der Waals surface area contributed by atoms with Gasteiger partial charge in [-0.15, -0.1) is 0 Å². The average molecular weight is 304 g/mol. The Kier molecular flexibility index (Phi) is 5.31. The molecule has 1 aromatic heterocycles. The molecule has 0 fully saturated rings. The molecule has 0 amide bonds. The first kappa shape index (κ1) is 17.1. The summed E-state index contributed by atoms with van der Waals surface area (Å²) in [6, 6.07) is 0. The Morgan fingerprint density at radius 3 is 2.50 bits per heavy atom. The van der Waals surface area contributed by atoms with Crippen LogP contribution in [0.1, 0.15) is 25.2 Å². The number of nitrogens with two attached hydrogens (primary N) is 1. The van der Waals surface area contributed by atoms with Crippen LogP contribution in [0.5, 0.6) is 0 Å². The van der Waals surface area contributed by atoms with Crippen molar-refractivity contribution in [3.63, 3.8) is 0 Å². The van der Waals surface area contributed by atoms with Crippen molar-refractivity contribution in [2.75, 3.05) is 20.2 Å². The first-order valence-corrected chi connectivity index (χ1v) is 7.92. The number of methoxy groups -OCH3 is 1. The third kappa shape index (κ3) is 3.78. The second kappa shape index (κ2) is 6.21. The van der Waals surface area contributed by atoms with Gasteiger partial charge in [0, 0.05) is 20.2 Å². The van der Waals surface area contributed by atoms with Gasteiger partial charge < -0.3 is 10.5 Å². The molecule has 0 unspecified atom stereocenters. The number of rotatable bonds is 7.